The molecule has 3 heterocycles. The van der Waals surface area contributed by atoms with Crippen molar-refractivity contribution in [2.75, 3.05) is 18.5 Å². The maximum atomic E-state index is 15.5. The maximum Gasteiger partial charge on any atom is 0.252 e. The molecule has 1 N–H and O–H groups in total. The number of nitrogens with one attached hydrogen (secondary N) is 1. The Hall–Kier alpha value is -1.85. The predicted molar refractivity (Wildman–Crippen MR) is 141 cm³/mol. The summed E-state index contributed by atoms with van der Waals surface area (Å²) in [6.07, 6.45) is 2.95. The maximum absolute atomic E-state index is 15.5. The van der Waals surface area contributed by atoms with E-state index in [1.807, 2.05) is 30.3 Å². The van der Waals surface area contributed by atoms with Crippen LogP contribution >= 0.6 is 43.6 Å². The largest absolute Gasteiger partial charge is 0.329 e. The van der Waals surface area contributed by atoms with E-state index in [9.17, 15) is 4.79 Å². The Labute approximate surface area is 209 Å². The summed E-state index contributed by atoms with van der Waals surface area (Å²) in [6, 6.07) is 17.8. The van der Waals surface area contributed by atoms with Crippen LogP contribution in [0.15, 0.2) is 54.6 Å². The Morgan fingerprint density at radius 3 is 2.75 bits per heavy atom. The Bertz CT molecular complexity index is 1390. The van der Waals surface area contributed by atoms with Gasteiger partial charge < -0.3 is 8.01 Å². The lowest BCUT2D eigenvalue weighted by Gasteiger charge is -2.38. The number of nitrogens with zero attached hydrogens (tertiary/aromatic N) is 2. The zero-order valence-electron chi connectivity index (χ0n) is 17.3. The molecule has 0 saturated carbocycles. The molecule has 7 heteroatoms. The summed E-state index contributed by atoms with van der Waals surface area (Å²) < 4.78 is 20.0. The molecule has 162 valence electrons. The van der Waals surface area contributed by atoms with Crippen LogP contribution < -0.4 is 15.4 Å². The van der Waals surface area contributed by atoms with Gasteiger partial charge in [-0.1, -0.05) is 30.3 Å². The second kappa shape index (κ2) is 7.59. The minimum Gasteiger partial charge on any atom is -0.329 e. The van der Waals surface area contributed by atoms with Crippen LogP contribution in [0, 0.1) is 12.5 Å². The SMILES string of the molecule is CN1C=c2c(-c3cc(F)c(CN4C(=O)C5(CCN5)c5ccccc54)c(I)c3)cccc2=I1. The number of benzene rings is 3. The number of hydrogen-bond donors (Lipinski definition) is 1. The van der Waals surface area contributed by atoms with Crippen LogP contribution in [0.4, 0.5) is 10.1 Å². The molecule has 4 nitrogen and oxygen atoms in total. The molecule has 3 aliphatic rings. The molecule has 1 saturated heterocycles. The fourth-order valence-corrected chi connectivity index (χ4v) is 7.94. The number of fused-ring (bicyclic) bond motifs is 3. The standard InChI is InChI=1S/C25H20FI2N3O/c1-30-13-17-16(5-4-7-22(17)28-30)15-11-20(26)18(21(27)12-15)14-31-23-8-3-2-6-19(23)25(24(31)32)9-10-29-25/h2-8,11-13,29H,9-10,14H2,1H3. The first kappa shape index (κ1) is 20.7. The molecule has 1 fully saturated rings. The van der Waals surface area contributed by atoms with E-state index in [0.717, 1.165) is 38.9 Å². The Morgan fingerprint density at radius 2 is 2.00 bits per heavy atom. The third-order valence-corrected chi connectivity index (χ3v) is 10.0. The highest BCUT2D eigenvalue weighted by Gasteiger charge is 2.54. The summed E-state index contributed by atoms with van der Waals surface area (Å²) in [4.78, 5) is 15.1. The molecule has 1 atom stereocenters. The fourth-order valence-electron chi connectivity index (χ4n) is 4.88. The highest BCUT2D eigenvalue weighted by molar-refractivity contribution is 14.1. The van der Waals surface area contributed by atoms with Crippen molar-refractivity contribution in [2.45, 2.75) is 18.5 Å². The van der Waals surface area contributed by atoms with Crippen molar-refractivity contribution in [2.24, 2.45) is 0 Å². The van der Waals surface area contributed by atoms with E-state index < -0.39 is 5.54 Å². The van der Waals surface area contributed by atoms with E-state index in [4.69, 9.17) is 0 Å². The van der Waals surface area contributed by atoms with Gasteiger partial charge in [-0.25, -0.2) is 4.39 Å². The van der Waals surface area contributed by atoms with Gasteiger partial charge in [0.25, 0.3) is 5.91 Å². The molecule has 3 aromatic carbocycles. The fraction of sp³-hybridized carbons (Fsp3) is 0.200. The van der Waals surface area contributed by atoms with E-state index in [2.05, 4.69) is 62.5 Å². The zero-order valence-corrected chi connectivity index (χ0v) is 21.6. The van der Waals surface area contributed by atoms with Gasteiger partial charge in [-0.3, -0.25) is 10.1 Å². The molecule has 1 amide bonds. The smallest absolute Gasteiger partial charge is 0.252 e. The third kappa shape index (κ3) is 3.00. The minimum absolute atomic E-state index is 0.0201. The molecule has 1 spiro atoms. The number of para-hydroxylation sites is 1. The Balaban J connectivity index is 1.40. The lowest BCUT2D eigenvalue weighted by atomic mass is 9.82. The van der Waals surface area contributed by atoms with Crippen LogP contribution in [-0.4, -0.2) is 22.6 Å². The van der Waals surface area contributed by atoms with E-state index in [-0.39, 0.29) is 39.3 Å². The van der Waals surface area contributed by atoms with Crippen LogP contribution in [0.1, 0.15) is 17.5 Å². The normalized spacial score (nSPS) is 20.9. The van der Waals surface area contributed by atoms with Gasteiger partial charge in [-0.2, -0.15) is 0 Å². The highest BCUT2D eigenvalue weighted by Crippen LogP contribution is 2.46. The first-order chi connectivity index (χ1) is 15.5. The minimum atomic E-state index is -0.631. The molecule has 0 aliphatic carbocycles. The molecule has 0 radical (unpaired) electrons. The summed E-state index contributed by atoms with van der Waals surface area (Å²) in [6.45, 7) is 1.06. The van der Waals surface area contributed by atoms with Crippen LogP contribution in [-0.2, 0) is 16.9 Å². The molecule has 32 heavy (non-hydrogen) atoms. The van der Waals surface area contributed by atoms with Gasteiger partial charge in [-0.05, 0) is 70.9 Å². The summed E-state index contributed by atoms with van der Waals surface area (Å²) >= 11 is 2.02. The zero-order chi connectivity index (χ0) is 22.0. The number of halogens is 3. The molecular formula is C25H20FI2N3O. The summed E-state index contributed by atoms with van der Waals surface area (Å²) in [5.74, 6) is -0.245. The first-order valence-corrected chi connectivity index (χ1v) is 13.6. The average molecular weight is 651 g/mol. The van der Waals surface area contributed by atoms with E-state index in [0.29, 0.717) is 5.56 Å². The molecule has 3 aliphatic heterocycles. The lowest BCUT2D eigenvalue weighted by molar-refractivity contribution is -0.127. The lowest BCUT2D eigenvalue weighted by Crippen LogP contribution is -2.59. The van der Waals surface area contributed by atoms with Crippen molar-refractivity contribution in [3.8, 4) is 11.1 Å². The monoisotopic (exact) mass is 651 g/mol. The van der Waals surface area contributed by atoms with Crippen LogP contribution in [0.25, 0.3) is 17.3 Å². The van der Waals surface area contributed by atoms with Crippen LogP contribution in [0.5, 0.6) is 0 Å². The van der Waals surface area contributed by atoms with Gasteiger partial charge in [0.2, 0.25) is 0 Å². The summed E-state index contributed by atoms with van der Waals surface area (Å²) in [7, 11) is 2.10. The number of amides is 1. The number of carbonyl (C=O) groups excluding carboxylic acids is 1. The molecule has 0 bridgehead atoms. The quantitative estimate of drug-likeness (QED) is 0.331. The van der Waals surface area contributed by atoms with Crippen LogP contribution in [0.2, 0.25) is 0 Å². The second-order valence-electron chi connectivity index (χ2n) is 8.35. The Kier molecular flexibility index (Phi) is 4.92. The van der Waals surface area contributed by atoms with Crippen LogP contribution in [0.3, 0.4) is 0 Å². The van der Waals surface area contributed by atoms with Gasteiger partial charge >= 0.3 is 0 Å². The Morgan fingerprint density at radius 1 is 1.19 bits per heavy atom. The second-order valence-corrected chi connectivity index (χ2v) is 12.7. The van der Waals surface area contributed by atoms with Gasteiger partial charge in [0.05, 0.1) is 6.54 Å². The number of carbonyl (C=O) groups is 1. The van der Waals surface area contributed by atoms with Crippen molar-refractivity contribution in [3.63, 3.8) is 0 Å². The van der Waals surface area contributed by atoms with E-state index >= 15 is 4.39 Å². The summed E-state index contributed by atoms with van der Waals surface area (Å²) in [5.41, 5.74) is 3.77. The molecular weight excluding hydrogens is 631 g/mol. The van der Waals surface area contributed by atoms with Crippen molar-refractivity contribution in [3.05, 3.63) is 83.5 Å². The number of hydrogen-bond acceptors (Lipinski definition) is 3. The third-order valence-electron chi connectivity index (χ3n) is 6.54. The molecule has 3 aromatic rings. The first-order valence-electron chi connectivity index (χ1n) is 10.5. The van der Waals surface area contributed by atoms with Crippen molar-refractivity contribution in [1.82, 2.24) is 8.43 Å². The number of anilines is 1. The molecule has 6 rings (SSSR count). The van der Waals surface area contributed by atoms with Gasteiger partial charge in [-0.15, -0.1) is 0 Å². The van der Waals surface area contributed by atoms with E-state index in [1.54, 1.807) is 11.0 Å². The molecule has 1 unspecified atom stereocenters. The molecule has 0 aromatic heterocycles. The topological polar surface area (TPSA) is 35.6 Å². The van der Waals surface area contributed by atoms with Gasteiger partial charge in [0.15, 0.2) is 0 Å². The van der Waals surface area contributed by atoms with Gasteiger partial charge in [0, 0.05) is 63.0 Å². The average Bonchev–Trinajstić information content (AvgIpc) is 3.24. The highest BCUT2D eigenvalue weighted by atomic mass is 127. The van der Waals surface area contributed by atoms with Gasteiger partial charge in [0.1, 0.15) is 11.4 Å². The predicted octanol–water partition coefficient (Wildman–Crippen LogP) is 4.65. The van der Waals surface area contributed by atoms with Crippen molar-refractivity contribution < 1.29 is 9.18 Å². The number of rotatable bonds is 3. The van der Waals surface area contributed by atoms with Crippen molar-refractivity contribution in [1.29, 1.82) is 0 Å². The van der Waals surface area contributed by atoms with E-state index in [1.165, 1.54) is 8.37 Å². The summed E-state index contributed by atoms with van der Waals surface area (Å²) in [5, 5.41) is 4.54. The van der Waals surface area contributed by atoms with Crippen molar-refractivity contribution >= 4 is 61.4 Å².